The van der Waals surface area contributed by atoms with E-state index >= 15 is 0 Å². The fourth-order valence-electron chi connectivity index (χ4n) is 4.01. The van der Waals surface area contributed by atoms with Crippen LogP contribution in [0.1, 0.15) is 41.5 Å². The molecule has 0 saturated carbocycles. The predicted molar refractivity (Wildman–Crippen MR) is 111 cm³/mol. The lowest BCUT2D eigenvalue weighted by Crippen LogP contribution is -2.46. The number of aryl methyl sites for hydroxylation is 2. The molecule has 0 unspecified atom stereocenters. The molecule has 0 aliphatic carbocycles. The molecule has 2 aromatic rings. The van der Waals surface area contributed by atoms with Crippen LogP contribution in [0.15, 0.2) is 30.3 Å². The first-order chi connectivity index (χ1) is 14.0. The summed E-state index contributed by atoms with van der Waals surface area (Å²) in [5, 5.41) is 0. The third kappa shape index (κ3) is 4.11. The van der Waals surface area contributed by atoms with Crippen molar-refractivity contribution in [3.63, 3.8) is 0 Å². The molecule has 0 radical (unpaired) electrons. The molecular weight excluding hydrogens is 368 g/mol. The van der Waals surface area contributed by atoms with E-state index < -0.39 is 5.79 Å². The van der Waals surface area contributed by atoms with Gasteiger partial charge in [-0.05, 0) is 44.5 Å². The molecule has 0 bridgehead atoms. The van der Waals surface area contributed by atoms with Gasteiger partial charge in [-0.2, -0.15) is 0 Å². The third-order valence-corrected chi connectivity index (χ3v) is 5.56. The lowest BCUT2D eigenvalue weighted by Gasteiger charge is -2.37. The second kappa shape index (κ2) is 8.08. The van der Waals surface area contributed by atoms with E-state index in [9.17, 15) is 4.79 Å². The van der Waals surface area contributed by atoms with Gasteiger partial charge in [0, 0.05) is 43.9 Å². The summed E-state index contributed by atoms with van der Waals surface area (Å²) in [5.74, 6) is 0.0469. The Bertz CT molecular complexity index is 885. The Morgan fingerprint density at radius 1 is 1.14 bits per heavy atom. The molecule has 7 nitrogen and oxygen atoms in total. The topological polar surface area (TPSA) is 67.8 Å². The average molecular weight is 396 g/mol. The van der Waals surface area contributed by atoms with Crippen LogP contribution in [0.5, 0.6) is 0 Å². The van der Waals surface area contributed by atoms with Gasteiger partial charge in [-0.1, -0.05) is 12.1 Å². The van der Waals surface area contributed by atoms with Crippen molar-refractivity contribution in [2.75, 3.05) is 42.6 Å². The SMILES string of the molecule is CCN(C(=O)c1cc(C)nc(N2CCC3(CC2)OCCO3)n1)c1cccc(C)c1. The molecule has 1 amide bonds. The first kappa shape index (κ1) is 19.8. The highest BCUT2D eigenvalue weighted by Crippen LogP contribution is 2.32. The largest absolute Gasteiger partial charge is 0.347 e. The first-order valence-electron chi connectivity index (χ1n) is 10.3. The van der Waals surface area contributed by atoms with Crippen molar-refractivity contribution in [1.82, 2.24) is 9.97 Å². The summed E-state index contributed by atoms with van der Waals surface area (Å²) in [6.45, 7) is 9.27. The molecule has 4 rings (SSSR count). The van der Waals surface area contributed by atoms with Crippen molar-refractivity contribution in [3.8, 4) is 0 Å². The third-order valence-electron chi connectivity index (χ3n) is 5.56. The molecular formula is C22H28N4O3. The van der Waals surface area contributed by atoms with E-state index in [0.29, 0.717) is 31.4 Å². The maximum Gasteiger partial charge on any atom is 0.277 e. The van der Waals surface area contributed by atoms with Gasteiger partial charge >= 0.3 is 0 Å². The Balaban J connectivity index is 1.55. The summed E-state index contributed by atoms with van der Waals surface area (Å²) in [6, 6.07) is 9.72. The highest BCUT2D eigenvalue weighted by Gasteiger charge is 2.40. The van der Waals surface area contributed by atoms with Crippen molar-refractivity contribution >= 4 is 17.5 Å². The summed E-state index contributed by atoms with van der Waals surface area (Å²) < 4.78 is 11.6. The number of rotatable bonds is 4. The van der Waals surface area contributed by atoms with Crippen LogP contribution in [0.4, 0.5) is 11.6 Å². The quantitative estimate of drug-likeness (QED) is 0.791. The number of amides is 1. The summed E-state index contributed by atoms with van der Waals surface area (Å²) in [7, 11) is 0. The van der Waals surface area contributed by atoms with Gasteiger partial charge in [0.15, 0.2) is 5.79 Å². The molecule has 2 aliphatic rings. The van der Waals surface area contributed by atoms with Gasteiger partial charge in [-0.25, -0.2) is 9.97 Å². The number of hydrogen-bond donors (Lipinski definition) is 0. The van der Waals surface area contributed by atoms with E-state index in [1.54, 1.807) is 11.0 Å². The molecule has 0 atom stereocenters. The Hall–Kier alpha value is -2.51. The van der Waals surface area contributed by atoms with Crippen molar-refractivity contribution in [3.05, 3.63) is 47.3 Å². The molecule has 0 N–H and O–H groups in total. The molecule has 2 fully saturated rings. The monoisotopic (exact) mass is 396 g/mol. The van der Waals surface area contributed by atoms with Crippen LogP contribution in [0.3, 0.4) is 0 Å². The second-order valence-electron chi connectivity index (χ2n) is 7.68. The number of anilines is 2. The van der Waals surface area contributed by atoms with Crippen LogP contribution < -0.4 is 9.80 Å². The van der Waals surface area contributed by atoms with Crippen LogP contribution in [-0.4, -0.2) is 54.5 Å². The zero-order chi connectivity index (χ0) is 20.4. The second-order valence-corrected chi connectivity index (χ2v) is 7.68. The minimum absolute atomic E-state index is 0.110. The lowest BCUT2D eigenvalue weighted by atomic mass is 10.0. The van der Waals surface area contributed by atoms with E-state index in [1.807, 2.05) is 45.0 Å². The number of piperidine rings is 1. The fourth-order valence-corrected chi connectivity index (χ4v) is 4.01. The Labute approximate surface area is 171 Å². The highest BCUT2D eigenvalue weighted by atomic mass is 16.7. The number of carbonyl (C=O) groups is 1. The van der Waals surface area contributed by atoms with E-state index in [-0.39, 0.29) is 5.91 Å². The van der Waals surface area contributed by atoms with Crippen molar-refractivity contribution in [2.45, 2.75) is 39.4 Å². The van der Waals surface area contributed by atoms with E-state index in [2.05, 4.69) is 14.9 Å². The van der Waals surface area contributed by atoms with E-state index in [1.165, 1.54) is 0 Å². The van der Waals surface area contributed by atoms with Crippen molar-refractivity contribution in [1.29, 1.82) is 0 Å². The smallest absolute Gasteiger partial charge is 0.277 e. The van der Waals surface area contributed by atoms with Gasteiger partial charge in [0.25, 0.3) is 5.91 Å². The Morgan fingerprint density at radius 3 is 2.52 bits per heavy atom. The number of benzene rings is 1. The summed E-state index contributed by atoms with van der Waals surface area (Å²) >= 11 is 0. The highest BCUT2D eigenvalue weighted by molar-refractivity contribution is 6.05. The number of aromatic nitrogens is 2. The van der Waals surface area contributed by atoms with Gasteiger partial charge < -0.3 is 19.3 Å². The van der Waals surface area contributed by atoms with Crippen LogP contribution in [-0.2, 0) is 9.47 Å². The van der Waals surface area contributed by atoms with Gasteiger partial charge in [-0.15, -0.1) is 0 Å². The maximum atomic E-state index is 13.3. The van der Waals surface area contributed by atoms with Crippen molar-refractivity contribution in [2.24, 2.45) is 0 Å². The molecule has 3 heterocycles. The van der Waals surface area contributed by atoms with Crippen molar-refractivity contribution < 1.29 is 14.3 Å². The van der Waals surface area contributed by atoms with E-state index in [4.69, 9.17) is 9.47 Å². The predicted octanol–water partition coefficient (Wildman–Crippen LogP) is 3.10. The summed E-state index contributed by atoms with van der Waals surface area (Å²) in [6.07, 6.45) is 1.55. The number of carbonyl (C=O) groups excluding carboxylic acids is 1. The lowest BCUT2D eigenvalue weighted by molar-refractivity contribution is -0.169. The van der Waals surface area contributed by atoms with Crippen LogP contribution in [0, 0.1) is 13.8 Å². The Morgan fingerprint density at radius 2 is 1.86 bits per heavy atom. The zero-order valence-electron chi connectivity index (χ0n) is 17.4. The maximum absolute atomic E-state index is 13.3. The van der Waals surface area contributed by atoms with Crippen LogP contribution in [0.2, 0.25) is 0 Å². The van der Waals surface area contributed by atoms with Gasteiger partial charge in [-0.3, -0.25) is 4.79 Å². The van der Waals surface area contributed by atoms with Gasteiger partial charge in [0.2, 0.25) is 5.95 Å². The molecule has 7 heteroatoms. The normalized spacial score (nSPS) is 18.2. The van der Waals surface area contributed by atoms with E-state index in [0.717, 1.165) is 42.9 Å². The van der Waals surface area contributed by atoms with Crippen LogP contribution in [0.25, 0.3) is 0 Å². The Kier molecular flexibility index (Phi) is 5.52. The molecule has 2 aliphatic heterocycles. The number of nitrogens with zero attached hydrogens (tertiary/aromatic N) is 4. The molecule has 154 valence electrons. The molecule has 2 saturated heterocycles. The average Bonchev–Trinajstić information content (AvgIpc) is 3.16. The minimum atomic E-state index is -0.441. The number of ether oxygens (including phenoxy) is 2. The summed E-state index contributed by atoms with van der Waals surface area (Å²) in [4.78, 5) is 26.3. The summed E-state index contributed by atoms with van der Waals surface area (Å²) in [5.41, 5.74) is 3.20. The molecule has 29 heavy (non-hydrogen) atoms. The van der Waals surface area contributed by atoms with Gasteiger partial charge in [0.1, 0.15) is 5.69 Å². The number of hydrogen-bond acceptors (Lipinski definition) is 6. The van der Waals surface area contributed by atoms with Crippen LogP contribution >= 0.6 is 0 Å². The molecule has 1 aromatic carbocycles. The van der Waals surface area contributed by atoms with Gasteiger partial charge in [0.05, 0.1) is 13.2 Å². The standard InChI is InChI=1S/C22H28N4O3/c1-4-26(18-7-5-6-16(2)14-18)20(27)19-15-17(3)23-21(24-19)25-10-8-22(9-11-25)28-12-13-29-22/h5-7,14-15H,4,8-13H2,1-3H3. The zero-order valence-corrected chi connectivity index (χ0v) is 17.4. The first-order valence-corrected chi connectivity index (χ1v) is 10.3. The fraction of sp³-hybridized carbons (Fsp3) is 0.500. The molecule has 1 aromatic heterocycles. The molecule has 1 spiro atoms. The minimum Gasteiger partial charge on any atom is -0.347 e.